The fraction of sp³-hybridized carbons (Fsp3) is 0.585. The highest BCUT2D eigenvalue weighted by Crippen LogP contribution is 2.29. The van der Waals surface area contributed by atoms with Gasteiger partial charge in [0.15, 0.2) is 5.78 Å². The minimum absolute atomic E-state index is 0.0171. The minimum atomic E-state index is -1.03. The number of rotatable bonds is 21. The second-order valence-corrected chi connectivity index (χ2v) is 15.4. The highest BCUT2D eigenvalue weighted by molar-refractivity contribution is 5.98. The summed E-state index contributed by atoms with van der Waals surface area (Å²) >= 11 is 0. The first-order valence-corrected chi connectivity index (χ1v) is 19.1. The molecule has 2 saturated heterocycles. The van der Waals surface area contributed by atoms with E-state index >= 15 is 0 Å². The number of amides is 4. The number of hydrogen-bond donors (Lipinski definition) is 4. The SMILES string of the molecule is CC(C)CC[C@H](NC(=O)[C@H](Cc1ccccc1)NC(=O)[C@H](CC(C)C)NC(=O)[C@H](CCc1ccccc1)NC(=O)CN1CCOCC1)C(=O)[C@@]1(C)CO1. The predicted octanol–water partition coefficient (Wildman–Crippen LogP) is 2.97. The van der Waals surface area contributed by atoms with Crippen LogP contribution in [0.25, 0.3) is 0 Å². The molecule has 0 radical (unpaired) electrons. The summed E-state index contributed by atoms with van der Waals surface area (Å²) in [6, 6.07) is 15.4. The molecule has 290 valence electrons. The smallest absolute Gasteiger partial charge is 0.243 e. The van der Waals surface area contributed by atoms with E-state index in [0.717, 1.165) is 17.5 Å². The lowest BCUT2D eigenvalue weighted by molar-refractivity contribution is -0.135. The topological polar surface area (TPSA) is 158 Å². The van der Waals surface area contributed by atoms with E-state index in [2.05, 4.69) is 35.1 Å². The third kappa shape index (κ3) is 14.0. The van der Waals surface area contributed by atoms with Crippen molar-refractivity contribution in [1.82, 2.24) is 26.2 Å². The number of nitrogens with zero attached hydrogens (tertiary/aromatic N) is 1. The van der Waals surface area contributed by atoms with Crippen molar-refractivity contribution in [3.05, 3.63) is 71.8 Å². The summed E-state index contributed by atoms with van der Waals surface area (Å²) in [5.74, 6) is -1.61. The van der Waals surface area contributed by atoms with Gasteiger partial charge >= 0.3 is 0 Å². The van der Waals surface area contributed by atoms with Gasteiger partial charge in [-0.2, -0.15) is 0 Å². The Morgan fingerprint density at radius 2 is 1.23 bits per heavy atom. The third-order valence-corrected chi connectivity index (χ3v) is 9.71. The molecule has 12 nitrogen and oxygen atoms in total. The molecule has 4 N–H and O–H groups in total. The number of Topliss-reactive ketones (excluding diaryl/α,β-unsaturated/α-hetero) is 1. The van der Waals surface area contributed by atoms with E-state index in [1.165, 1.54) is 0 Å². The van der Waals surface area contributed by atoms with Crippen LogP contribution in [0.3, 0.4) is 0 Å². The quantitative estimate of drug-likeness (QED) is 0.143. The Balaban J connectivity index is 1.51. The molecular weight excluding hydrogens is 674 g/mol. The van der Waals surface area contributed by atoms with Gasteiger partial charge < -0.3 is 30.7 Å². The first kappa shape index (κ1) is 41.6. The van der Waals surface area contributed by atoms with Crippen molar-refractivity contribution in [2.24, 2.45) is 11.8 Å². The average Bonchev–Trinajstić information content (AvgIpc) is 3.89. The number of nitrogens with one attached hydrogen (secondary N) is 4. The van der Waals surface area contributed by atoms with Crippen LogP contribution in [0.2, 0.25) is 0 Å². The Labute approximate surface area is 314 Å². The van der Waals surface area contributed by atoms with E-state index in [4.69, 9.17) is 9.47 Å². The Morgan fingerprint density at radius 3 is 1.81 bits per heavy atom. The first-order valence-electron chi connectivity index (χ1n) is 19.1. The summed E-state index contributed by atoms with van der Waals surface area (Å²) < 4.78 is 10.8. The van der Waals surface area contributed by atoms with Crippen LogP contribution in [0.4, 0.5) is 0 Å². The lowest BCUT2D eigenvalue weighted by atomic mass is 9.93. The summed E-state index contributed by atoms with van der Waals surface area (Å²) in [6.45, 7) is 12.5. The van der Waals surface area contributed by atoms with Crippen LogP contribution in [0.1, 0.15) is 71.4 Å². The highest BCUT2D eigenvalue weighted by atomic mass is 16.6. The Hall–Kier alpha value is -4.13. The van der Waals surface area contributed by atoms with E-state index in [9.17, 15) is 24.0 Å². The van der Waals surface area contributed by atoms with E-state index in [1.807, 2.05) is 79.4 Å². The van der Waals surface area contributed by atoms with Crippen LogP contribution in [0.15, 0.2) is 60.7 Å². The lowest BCUT2D eigenvalue weighted by Gasteiger charge is -2.29. The molecule has 2 fully saturated rings. The number of hydrogen-bond acceptors (Lipinski definition) is 8. The van der Waals surface area contributed by atoms with Crippen molar-refractivity contribution in [2.45, 2.75) is 103 Å². The molecular formula is C41H59N5O7. The van der Waals surface area contributed by atoms with Crippen molar-refractivity contribution >= 4 is 29.4 Å². The zero-order valence-electron chi connectivity index (χ0n) is 32.0. The average molecular weight is 734 g/mol. The lowest BCUT2D eigenvalue weighted by Crippen LogP contribution is -2.59. The van der Waals surface area contributed by atoms with Crippen molar-refractivity contribution in [3.8, 4) is 0 Å². The van der Waals surface area contributed by atoms with Crippen LogP contribution in [0, 0.1) is 11.8 Å². The van der Waals surface area contributed by atoms with E-state index in [0.29, 0.717) is 64.5 Å². The van der Waals surface area contributed by atoms with Crippen LogP contribution in [-0.4, -0.2) is 104 Å². The molecule has 0 bridgehead atoms. The summed E-state index contributed by atoms with van der Waals surface area (Å²) in [5, 5.41) is 11.7. The van der Waals surface area contributed by atoms with Crippen LogP contribution >= 0.6 is 0 Å². The number of aryl methyl sites for hydroxylation is 1. The zero-order valence-corrected chi connectivity index (χ0v) is 32.0. The Bertz CT molecular complexity index is 1490. The van der Waals surface area contributed by atoms with Gasteiger partial charge in [0.2, 0.25) is 23.6 Å². The molecule has 0 spiro atoms. The molecule has 5 atom stereocenters. The summed E-state index contributed by atoms with van der Waals surface area (Å²) in [7, 11) is 0. The molecule has 0 unspecified atom stereocenters. The van der Waals surface area contributed by atoms with E-state index in [-0.39, 0.29) is 30.6 Å². The number of ether oxygens (including phenoxy) is 2. The molecule has 0 aromatic heterocycles. The largest absolute Gasteiger partial charge is 0.379 e. The van der Waals surface area contributed by atoms with Crippen molar-refractivity contribution in [1.29, 1.82) is 0 Å². The summed E-state index contributed by atoms with van der Waals surface area (Å²) in [6.07, 6.45) is 2.51. The third-order valence-electron chi connectivity index (χ3n) is 9.71. The number of ketones is 1. The van der Waals surface area contributed by atoms with Gasteiger partial charge in [0, 0.05) is 19.5 Å². The fourth-order valence-electron chi connectivity index (χ4n) is 6.39. The van der Waals surface area contributed by atoms with Gasteiger partial charge in [0.25, 0.3) is 0 Å². The first-order chi connectivity index (χ1) is 25.3. The summed E-state index contributed by atoms with van der Waals surface area (Å²) in [5.41, 5.74) is 0.921. The van der Waals surface area contributed by atoms with Crippen molar-refractivity contribution in [3.63, 3.8) is 0 Å². The van der Waals surface area contributed by atoms with Crippen LogP contribution < -0.4 is 21.3 Å². The maximum absolute atomic E-state index is 14.1. The van der Waals surface area contributed by atoms with Crippen molar-refractivity contribution in [2.75, 3.05) is 39.5 Å². The number of morpholine rings is 1. The number of carbonyl (C=O) groups excluding carboxylic acids is 5. The molecule has 0 aliphatic carbocycles. The van der Waals surface area contributed by atoms with Gasteiger partial charge in [-0.15, -0.1) is 0 Å². The maximum Gasteiger partial charge on any atom is 0.243 e. The van der Waals surface area contributed by atoms with Crippen molar-refractivity contribution < 1.29 is 33.4 Å². The van der Waals surface area contributed by atoms with E-state index in [1.54, 1.807) is 6.92 Å². The minimum Gasteiger partial charge on any atom is -0.379 e. The Morgan fingerprint density at radius 1 is 0.679 bits per heavy atom. The molecule has 2 aromatic rings. The highest BCUT2D eigenvalue weighted by Gasteiger charge is 2.50. The number of epoxide rings is 1. The van der Waals surface area contributed by atoms with Gasteiger partial charge in [-0.25, -0.2) is 0 Å². The second kappa shape index (κ2) is 20.4. The second-order valence-electron chi connectivity index (χ2n) is 15.4. The molecule has 2 heterocycles. The standard InChI is InChI=1S/C41H59N5O7/c1-28(2)16-18-32(37(48)41(5)27-53-41)43-40(51)35(25-31-14-10-7-11-15-31)45-39(50)34(24-29(3)4)44-38(49)33(19-17-30-12-8-6-9-13-30)42-36(47)26-46-20-22-52-23-21-46/h6-15,28-29,32-35H,16-27H2,1-5H3,(H,42,47)(H,43,51)(H,44,49)(H,45,50)/t32-,33-,34-,35-,41+/m0/s1. The predicted molar refractivity (Wildman–Crippen MR) is 203 cm³/mol. The van der Waals surface area contributed by atoms with Gasteiger partial charge in [0.1, 0.15) is 23.7 Å². The van der Waals surface area contributed by atoms with Crippen LogP contribution in [-0.2, 0) is 46.3 Å². The monoisotopic (exact) mass is 733 g/mol. The number of benzene rings is 2. The molecule has 2 aliphatic heterocycles. The molecule has 4 rings (SSSR count). The fourth-order valence-corrected chi connectivity index (χ4v) is 6.39. The van der Waals surface area contributed by atoms with Gasteiger partial charge in [0.05, 0.1) is 32.4 Å². The van der Waals surface area contributed by atoms with E-state index < -0.39 is 47.5 Å². The summed E-state index contributed by atoms with van der Waals surface area (Å²) in [4.78, 5) is 70.7. The van der Waals surface area contributed by atoms with Gasteiger partial charge in [-0.3, -0.25) is 28.9 Å². The molecule has 4 amide bonds. The molecule has 12 heteroatoms. The van der Waals surface area contributed by atoms with Crippen LogP contribution in [0.5, 0.6) is 0 Å². The Kier molecular flexibility index (Phi) is 16.0. The zero-order chi connectivity index (χ0) is 38.4. The number of carbonyl (C=O) groups is 5. The van der Waals surface area contributed by atoms with Gasteiger partial charge in [-0.1, -0.05) is 88.4 Å². The molecule has 53 heavy (non-hydrogen) atoms. The molecule has 0 saturated carbocycles. The molecule has 2 aromatic carbocycles. The normalized spacial score (nSPS) is 19.5. The van der Waals surface area contributed by atoms with Gasteiger partial charge in [-0.05, 0) is 62.0 Å². The molecule has 2 aliphatic rings. The maximum atomic E-state index is 14.1.